The molecule has 2 atom stereocenters. The molecule has 2 aliphatic heterocycles. The SMILES string of the molecule is COCC1CCCN(CC2(C(C)C)CCNC2)C1. The molecule has 0 aromatic heterocycles. The van der Waals surface area contributed by atoms with Gasteiger partial charge < -0.3 is 15.0 Å². The summed E-state index contributed by atoms with van der Waals surface area (Å²) >= 11 is 0. The molecule has 3 nitrogen and oxygen atoms in total. The number of nitrogens with zero attached hydrogens (tertiary/aromatic N) is 1. The summed E-state index contributed by atoms with van der Waals surface area (Å²) in [6, 6.07) is 0. The van der Waals surface area contributed by atoms with E-state index >= 15 is 0 Å². The first-order valence-electron chi connectivity index (χ1n) is 7.58. The highest BCUT2D eigenvalue weighted by atomic mass is 16.5. The van der Waals surface area contributed by atoms with E-state index in [1.807, 2.05) is 7.11 Å². The second-order valence-corrected chi connectivity index (χ2v) is 6.64. The first-order valence-corrected chi connectivity index (χ1v) is 7.58. The van der Waals surface area contributed by atoms with E-state index in [2.05, 4.69) is 24.1 Å². The minimum absolute atomic E-state index is 0.509. The van der Waals surface area contributed by atoms with Gasteiger partial charge in [-0.3, -0.25) is 0 Å². The molecule has 106 valence electrons. The highest BCUT2D eigenvalue weighted by molar-refractivity contribution is 4.93. The standard InChI is InChI=1S/C15H30N2O/c1-13(2)15(6-7-16-11-15)12-17-8-4-5-14(9-17)10-18-3/h13-14,16H,4-12H2,1-3H3. The maximum Gasteiger partial charge on any atom is 0.0502 e. The molecule has 0 bridgehead atoms. The third-order valence-corrected chi connectivity index (χ3v) is 5.05. The van der Waals surface area contributed by atoms with Crippen molar-refractivity contribution in [2.24, 2.45) is 17.3 Å². The van der Waals surface area contributed by atoms with Gasteiger partial charge in [0, 0.05) is 26.7 Å². The zero-order valence-corrected chi connectivity index (χ0v) is 12.4. The zero-order chi connectivity index (χ0) is 13.0. The third kappa shape index (κ3) is 3.25. The topological polar surface area (TPSA) is 24.5 Å². The predicted octanol–water partition coefficient (Wildman–Crippen LogP) is 1.98. The average Bonchev–Trinajstić information content (AvgIpc) is 2.80. The Morgan fingerprint density at radius 2 is 2.28 bits per heavy atom. The largest absolute Gasteiger partial charge is 0.384 e. The highest BCUT2D eigenvalue weighted by Crippen LogP contribution is 2.36. The molecule has 2 aliphatic rings. The van der Waals surface area contributed by atoms with E-state index in [4.69, 9.17) is 4.74 Å². The lowest BCUT2D eigenvalue weighted by atomic mass is 9.75. The molecule has 1 N–H and O–H groups in total. The molecule has 2 unspecified atom stereocenters. The summed E-state index contributed by atoms with van der Waals surface area (Å²) in [6.07, 6.45) is 4.03. The second kappa shape index (κ2) is 6.36. The fourth-order valence-electron chi connectivity index (χ4n) is 3.69. The van der Waals surface area contributed by atoms with Gasteiger partial charge in [0.2, 0.25) is 0 Å². The maximum absolute atomic E-state index is 5.33. The molecule has 2 heterocycles. The number of ether oxygens (including phenoxy) is 1. The number of piperidine rings is 1. The van der Waals surface area contributed by atoms with E-state index in [1.165, 1.54) is 52.0 Å². The van der Waals surface area contributed by atoms with Crippen LogP contribution >= 0.6 is 0 Å². The van der Waals surface area contributed by atoms with E-state index in [-0.39, 0.29) is 0 Å². The van der Waals surface area contributed by atoms with Crippen molar-refractivity contribution >= 4 is 0 Å². The van der Waals surface area contributed by atoms with Crippen molar-refractivity contribution in [2.75, 3.05) is 46.4 Å². The van der Waals surface area contributed by atoms with Gasteiger partial charge in [0.05, 0.1) is 6.61 Å². The van der Waals surface area contributed by atoms with Crippen molar-refractivity contribution in [1.29, 1.82) is 0 Å². The van der Waals surface area contributed by atoms with Crippen LogP contribution in [0.5, 0.6) is 0 Å². The molecule has 0 aromatic rings. The molecule has 0 saturated carbocycles. The summed E-state index contributed by atoms with van der Waals surface area (Å²) < 4.78 is 5.33. The van der Waals surface area contributed by atoms with Crippen LogP contribution in [0.1, 0.15) is 33.1 Å². The highest BCUT2D eigenvalue weighted by Gasteiger charge is 2.39. The van der Waals surface area contributed by atoms with Crippen molar-refractivity contribution in [1.82, 2.24) is 10.2 Å². The molecule has 0 aromatic carbocycles. The molecule has 0 amide bonds. The second-order valence-electron chi connectivity index (χ2n) is 6.64. The van der Waals surface area contributed by atoms with E-state index in [1.54, 1.807) is 0 Å². The number of hydrogen-bond acceptors (Lipinski definition) is 3. The molecule has 2 saturated heterocycles. The van der Waals surface area contributed by atoms with Gasteiger partial charge in [0.15, 0.2) is 0 Å². The lowest BCUT2D eigenvalue weighted by Crippen LogP contribution is -2.47. The molecular weight excluding hydrogens is 224 g/mol. The predicted molar refractivity (Wildman–Crippen MR) is 75.8 cm³/mol. The van der Waals surface area contributed by atoms with Crippen LogP contribution in [0.3, 0.4) is 0 Å². The smallest absolute Gasteiger partial charge is 0.0502 e. The van der Waals surface area contributed by atoms with Crippen LogP contribution in [-0.4, -0.2) is 51.3 Å². The first-order chi connectivity index (χ1) is 8.66. The summed E-state index contributed by atoms with van der Waals surface area (Å²) in [7, 11) is 1.83. The Kier molecular flexibility index (Phi) is 5.05. The first kappa shape index (κ1) is 14.3. The van der Waals surface area contributed by atoms with E-state index < -0.39 is 0 Å². The summed E-state index contributed by atoms with van der Waals surface area (Å²) in [5.41, 5.74) is 0.509. The normalized spacial score (nSPS) is 34.3. The number of hydrogen-bond donors (Lipinski definition) is 1. The lowest BCUT2D eigenvalue weighted by molar-refractivity contribution is 0.0526. The molecule has 0 aliphatic carbocycles. The van der Waals surface area contributed by atoms with Gasteiger partial charge in [-0.2, -0.15) is 0 Å². The Labute approximate surface area is 112 Å². The Morgan fingerprint density at radius 3 is 2.89 bits per heavy atom. The minimum atomic E-state index is 0.509. The van der Waals surface area contributed by atoms with E-state index in [9.17, 15) is 0 Å². The van der Waals surface area contributed by atoms with Crippen LogP contribution in [0.4, 0.5) is 0 Å². The lowest BCUT2D eigenvalue weighted by Gasteiger charge is -2.41. The molecule has 18 heavy (non-hydrogen) atoms. The molecule has 0 radical (unpaired) electrons. The zero-order valence-electron chi connectivity index (χ0n) is 12.4. The third-order valence-electron chi connectivity index (χ3n) is 5.05. The van der Waals surface area contributed by atoms with Gasteiger partial charge in [0.25, 0.3) is 0 Å². The fourth-order valence-corrected chi connectivity index (χ4v) is 3.69. The fraction of sp³-hybridized carbons (Fsp3) is 1.00. The van der Waals surface area contributed by atoms with E-state index in [0.29, 0.717) is 5.41 Å². The van der Waals surface area contributed by atoms with Gasteiger partial charge in [-0.15, -0.1) is 0 Å². The summed E-state index contributed by atoms with van der Waals surface area (Å²) in [4.78, 5) is 2.69. The van der Waals surface area contributed by atoms with Crippen molar-refractivity contribution in [3.05, 3.63) is 0 Å². The van der Waals surface area contributed by atoms with Crippen LogP contribution < -0.4 is 5.32 Å². The van der Waals surface area contributed by atoms with Gasteiger partial charge in [0.1, 0.15) is 0 Å². The Morgan fingerprint density at radius 1 is 1.44 bits per heavy atom. The van der Waals surface area contributed by atoms with Crippen LogP contribution in [0, 0.1) is 17.3 Å². The Balaban J connectivity index is 1.90. The Bertz CT molecular complexity index is 247. The average molecular weight is 254 g/mol. The number of rotatable bonds is 5. The van der Waals surface area contributed by atoms with Gasteiger partial charge in [-0.1, -0.05) is 13.8 Å². The molecule has 0 spiro atoms. The quantitative estimate of drug-likeness (QED) is 0.812. The Hall–Kier alpha value is -0.120. The van der Waals surface area contributed by atoms with Crippen molar-refractivity contribution in [3.8, 4) is 0 Å². The summed E-state index contributed by atoms with van der Waals surface area (Å²) in [5.74, 6) is 1.53. The summed E-state index contributed by atoms with van der Waals surface area (Å²) in [6.45, 7) is 11.9. The molecular formula is C15H30N2O. The van der Waals surface area contributed by atoms with Gasteiger partial charge in [-0.25, -0.2) is 0 Å². The molecule has 2 rings (SSSR count). The van der Waals surface area contributed by atoms with Gasteiger partial charge in [-0.05, 0) is 49.6 Å². The maximum atomic E-state index is 5.33. The van der Waals surface area contributed by atoms with Crippen molar-refractivity contribution < 1.29 is 4.74 Å². The van der Waals surface area contributed by atoms with Crippen LogP contribution in [-0.2, 0) is 4.74 Å². The molecule has 2 fully saturated rings. The van der Waals surface area contributed by atoms with Crippen LogP contribution in [0.25, 0.3) is 0 Å². The van der Waals surface area contributed by atoms with E-state index in [0.717, 1.165) is 18.4 Å². The van der Waals surface area contributed by atoms with Crippen molar-refractivity contribution in [2.45, 2.75) is 33.1 Å². The van der Waals surface area contributed by atoms with Gasteiger partial charge >= 0.3 is 0 Å². The minimum Gasteiger partial charge on any atom is -0.384 e. The van der Waals surface area contributed by atoms with Crippen molar-refractivity contribution in [3.63, 3.8) is 0 Å². The summed E-state index contributed by atoms with van der Waals surface area (Å²) in [5, 5.41) is 3.57. The van der Waals surface area contributed by atoms with Crippen LogP contribution in [0.15, 0.2) is 0 Å². The molecule has 3 heteroatoms. The van der Waals surface area contributed by atoms with Crippen LogP contribution in [0.2, 0.25) is 0 Å². The monoisotopic (exact) mass is 254 g/mol. The number of nitrogens with one attached hydrogen (secondary N) is 1. The number of likely N-dealkylation sites (tertiary alicyclic amines) is 1. The number of methoxy groups -OCH3 is 1.